The second-order valence-corrected chi connectivity index (χ2v) is 6.45. The fraction of sp³-hybridized carbons (Fsp3) is 0.923. The van der Waals surface area contributed by atoms with Gasteiger partial charge in [0.15, 0.2) is 0 Å². The largest absolute Gasteiger partial charge is 0.481 e. The summed E-state index contributed by atoms with van der Waals surface area (Å²) < 4.78 is 0. The molecule has 0 aromatic heterocycles. The maximum absolute atomic E-state index is 11.0. The van der Waals surface area contributed by atoms with Gasteiger partial charge in [-0.15, -0.1) is 0 Å². The molecular weight excluding hydrogens is 234 g/mol. The first-order valence-electron chi connectivity index (χ1n) is 6.72. The van der Waals surface area contributed by atoms with Crippen LogP contribution >= 0.6 is 11.8 Å². The Morgan fingerprint density at radius 2 is 2.00 bits per heavy atom. The minimum absolute atomic E-state index is 0.115. The molecule has 0 aliphatic heterocycles. The zero-order valence-corrected chi connectivity index (χ0v) is 11.3. The fourth-order valence-corrected chi connectivity index (χ4v) is 4.21. The highest BCUT2D eigenvalue weighted by molar-refractivity contribution is 7.99. The highest BCUT2D eigenvalue weighted by Crippen LogP contribution is 2.31. The molecule has 0 spiro atoms. The first-order chi connectivity index (χ1) is 8.20. The number of carboxylic acids is 1. The molecule has 4 atom stereocenters. The van der Waals surface area contributed by atoms with Crippen molar-refractivity contribution in [2.75, 3.05) is 6.26 Å². The molecule has 0 aromatic rings. The summed E-state index contributed by atoms with van der Waals surface area (Å²) in [5.41, 5.74) is 0. The number of nitrogens with one attached hydrogen (secondary N) is 1. The van der Waals surface area contributed by atoms with Gasteiger partial charge in [0.2, 0.25) is 0 Å². The Hall–Kier alpha value is -0.220. The van der Waals surface area contributed by atoms with Crippen molar-refractivity contribution in [3.63, 3.8) is 0 Å². The highest BCUT2D eigenvalue weighted by Gasteiger charge is 2.32. The molecule has 0 heterocycles. The zero-order chi connectivity index (χ0) is 12.3. The number of hydrogen-bond acceptors (Lipinski definition) is 3. The Morgan fingerprint density at radius 3 is 2.71 bits per heavy atom. The molecule has 3 nitrogen and oxygen atoms in total. The van der Waals surface area contributed by atoms with Crippen molar-refractivity contribution < 1.29 is 9.90 Å². The molecular formula is C13H23NO2S. The third kappa shape index (κ3) is 3.38. The van der Waals surface area contributed by atoms with Crippen LogP contribution in [0.3, 0.4) is 0 Å². The molecule has 0 aromatic carbocycles. The molecule has 4 unspecified atom stereocenters. The lowest BCUT2D eigenvalue weighted by Gasteiger charge is -2.31. The molecule has 98 valence electrons. The zero-order valence-electron chi connectivity index (χ0n) is 10.5. The van der Waals surface area contributed by atoms with Gasteiger partial charge in [0.25, 0.3) is 0 Å². The smallest absolute Gasteiger partial charge is 0.306 e. The minimum atomic E-state index is -0.607. The molecule has 2 saturated carbocycles. The maximum Gasteiger partial charge on any atom is 0.306 e. The lowest BCUT2D eigenvalue weighted by atomic mass is 9.85. The average molecular weight is 257 g/mol. The van der Waals surface area contributed by atoms with E-state index < -0.39 is 5.97 Å². The molecule has 4 heteroatoms. The molecule has 0 radical (unpaired) electrons. The summed E-state index contributed by atoms with van der Waals surface area (Å²) in [6.45, 7) is 0. The Bertz CT molecular complexity index is 272. The summed E-state index contributed by atoms with van der Waals surface area (Å²) in [7, 11) is 0. The van der Waals surface area contributed by atoms with E-state index in [2.05, 4.69) is 11.6 Å². The third-order valence-electron chi connectivity index (χ3n) is 4.23. The quantitative estimate of drug-likeness (QED) is 0.812. The van der Waals surface area contributed by atoms with Gasteiger partial charge >= 0.3 is 5.97 Å². The monoisotopic (exact) mass is 257 g/mol. The van der Waals surface area contributed by atoms with Crippen LogP contribution in [0, 0.1) is 5.92 Å². The number of carboxylic acid groups (broad SMARTS) is 1. The van der Waals surface area contributed by atoms with Crippen LogP contribution in [-0.4, -0.2) is 34.7 Å². The molecule has 2 aliphatic carbocycles. The minimum Gasteiger partial charge on any atom is -0.481 e. The van der Waals surface area contributed by atoms with E-state index in [0.29, 0.717) is 12.1 Å². The van der Waals surface area contributed by atoms with Crippen molar-refractivity contribution in [2.24, 2.45) is 5.92 Å². The van der Waals surface area contributed by atoms with Gasteiger partial charge in [-0.2, -0.15) is 11.8 Å². The van der Waals surface area contributed by atoms with Gasteiger partial charge in [-0.05, 0) is 38.4 Å². The van der Waals surface area contributed by atoms with E-state index in [9.17, 15) is 4.79 Å². The van der Waals surface area contributed by atoms with E-state index in [1.165, 1.54) is 19.3 Å². The number of rotatable bonds is 4. The Balaban J connectivity index is 1.84. The molecule has 2 fully saturated rings. The lowest BCUT2D eigenvalue weighted by molar-refractivity contribution is -0.143. The van der Waals surface area contributed by atoms with E-state index in [1.807, 2.05) is 11.8 Å². The molecule has 0 bridgehead atoms. The highest BCUT2D eigenvalue weighted by atomic mass is 32.2. The van der Waals surface area contributed by atoms with Gasteiger partial charge in [-0.1, -0.05) is 12.8 Å². The SMILES string of the molecule is CSC1CCCC1NC1CCCC(C(=O)O)C1. The predicted octanol–water partition coefficient (Wildman–Crippen LogP) is 2.50. The standard InChI is InChI=1S/C13H23NO2S/c1-17-12-7-3-6-11(12)14-10-5-2-4-9(8-10)13(15)16/h9-12,14H,2-8H2,1H3,(H,15,16). The van der Waals surface area contributed by atoms with Gasteiger partial charge < -0.3 is 10.4 Å². The van der Waals surface area contributed by atoms with E-state index >= 15 is 0 Å². The summed E-state index contributed by atoms with van der Waals surface area (Å²) in [4.78, 5) is 11.0. The van der Waals surface area contributed by atoms with E-state index in [-0.39, 0.29) is 5.92 Å². The number of thioether (sulfide) groups is 1. The summed E-state index contributed by atoms with van der Waals surface area (Å²) in [5, 5.41) is 13.5. The fourth-order valence-electron chi connectivity index (χ4n) is 3.27. The average Bonchev–Trinajstić information content (AvgIpc) is 2.76. The Morgan fingerprint density at radius 1 is 1.24 bits per heavy atom. The third-order valence-corrected chi connectivity index (χ3v) is 5.40. The molecule has 0 amide bonds. The van der Waals surface area contributed by atoms with Gasteiger partial charge in [0, 0.05) is 17.3 Å². The number of carbonyl (C=O) groups is 1. The summed E-state index contributed by atoms with van der Waals surface area (Å²) in [6.07, 6.45) is 9.99. The summed E-state index contributed by atoms with van der Waals surface area (Å²) >= 11 is 1.96. The van der Waals surface area contributed by atoms with E-state index in [0.717, 1.165) is 30.9 Å². The van der Waals surface area contributed by atoms with Crippen LogP contribution < -0.4 is 5.32 Å². The predicted molar refractivity (Wildman–Crippen MR) is 71.5 cm³/mol. The Kier molecular flexibility index (Phi) is 4.74. The molecule has 2 aliphatic rings. The first kappa shape index (κ1) is 13.2. The van der Waals surface area contributed by atoms with Gasteiger partial charge in [0.05, 0.1) is 5.92 Å². The van der Waals surface area contributed by atoms with Crippen molar-refractivity contribution in [3.8, 4) is 0 Å². The summed E-state index contributed by atoms with van der Waals surface area (Å²) in [5.74, 6) is -0.722. The van der Waals surface area contributed by atoms with Crippen molar-refractivity contribution >= 4 is 17.7 Å². The maximum atomic E-state index is 11.0. The molecule has 17 heavy (non-hydrogen) atoms. The van der Waals surface area contributed by atoms with Crippen molar-refractivity contribution in [1.29, 1.82) is 0 Å². The van der Waals surface area contributed by atoms with Crippen molar-refractivity contribution in [3.05, 3.63) is 0 Å². The van der Waals surface area contributed by atoms with Crippen molar-refractivity contribution in [2.45, 2.75) is 62.3 Å². The number of hydrogen-bond donors (Lipinski definition) is 2. The lowest BCUT2D eigenvalue weighted by Crippen LogP contribution is -2.44. The van der Waals surface area contributed by atoms with E-state index in [4.69, 9.17) is 5.11 Å². The van der Waals surface area contributed by atoms with Crippen LogP contribution in [-0.2, 0) is 4.79 Å². The van der Waals surface area contributed by atoms with Crippen LogP contribution in [0.2, 0.25) is 0 Å². The first-order valence-corrected chi connectivity index (χ1v) is 8.01. The topological polar surface area (TPSA) is 49.3 Å². The van der Waals surface area contributed by atoms with Crippen LogP contribution in [0.25, 0.3) is 0 Å². The van der Waals surface area contributed by atoms with Crippen LogP contribution in [0.15, 0.2) is 0 Å². The van der Waals surface area contributed by atoms with Gasteiger partial charge in [0.1, 0.15) is 0 Å². The van der Waals surface area contributed by atoms with Crippen LogP contribution in [0.5, 0.6) is 0 Å². The van der Waals surface area contributed by atoms with Crippen LogP contribution in [0.1, 0.15) is 44.9 Å². The molecule has 2 N–H and O–H groups in total. The van der Waals surface area contributed by atoms with Crippen molar-refractivity contribution in [1.82, 2.24) is 5.32 Å². The normalized spacial score (nSPS) is 38.2. The van der Waals surface area contributed by atoms with Gasteiger partial charge in [-0.3, -0.25) is 4.79 Å². The van der Waals surface area contributed by atoms with Crippen LogP contribution in [0.4, 0.5) is 0 Å². The second-order valence-electron chi connectivity index (χ2n) is 5.38. The second kappa shape index (κ2) is 6.10. The molecule has 2 rings (SSSR count). The molecule has 0 saturated heterocycles. The summed E-state index contributed by atoms with van der Waals surface area (Å²) in [6, 6.07) is 1.05. The van der Waals surface area contributed by atoms with E-state index in [1.54, 1.807) is 0 Å². The number of aliphatic carboxylic acids is 1. The van der Waals surface area contributed by atoms with Gasteiger partial charge in [-0.25, -0.2) is 0 Å². The Labute approximate surface area is 108 Å².